The summed E-state index contributed by atoms with van der Waals surface area (Å²) in [6.45, 7) is 1.33. The van der Waals surface area contributed by atoms with Crippen molar-refractivity contribution in [3.63, 3.8) is 0 Å². The molecule has 120 valence electrons. The van der Waals surface area contributed by atoms with Gasteiger partial charge in [0.25, 0.3) is 0 Å². The van der Waals surface area contributed by atoms with Crippen molar-refractivity contribution in [1.29, 1.82) is 0 Å². The molecule has 1 unspecified atom stereocenters. The Hall–Kier alpha value is -1.40. The second-order valence-electron chi connectivity index (χ2n) is 5.98. The average molecular weight is 323 g/mol. The van der Waals surface area contributed by atoms with Crippen molar-refractivity contribution in [2.45, 2.75) is 43.1 Å². The quantitative estimate of drug-likeness (QED) is 0.905. The monoisotopic (exact) mass is 323 g/mol. The fraction of sp³-hybridized carbons (Fsp3) is 0.562. The van der Waals surface area contributed by atoms with Gasteiger partial charge >= 0.3 is 0 Å². The van der Waals surface area contributed by atoms with Crippen LogP contribution in [0.1, 0.15) is 30.4 Å². The molecule has 3 rings (SSSR count). The lowest BCUT2D eigenvalue weighted by Gasteiger charge is -2.17. The fourth-order valence-electron chi connectivity index (χ4n) is 3.09. The zero-order chi connectivity index (χ0) is 15.6. The number of carbonyl (C=O) groups is 1. The lowest BCUT2D eigenvalue weighted by atomic mass is 10.0. The second kappa shape index (κ2) is 6.38. The summed E-state index contributed by atoms with van der Waals surface area (Å²) in [5, 5.41) is 2.89. The van der Waals surface area contributed by atoms with Gasteiger partial charge in [0.15, 0.2) is 9.84 Å². The van der Waals surface area contributed by atoms with Crippen molar-refractivity contribution in [3.8, 4) is 0 Å². The number of amides is 1. The number of rotatable bonds is 4. The first-order valence-corrected chi connectivity index (χ1v) is 9.43. The van der Waals surface area contributed by atoms with Crippen molar-refractivity contribution >= 4 is 15.7 Å². The summed E-state index contributed by atoms with van der Waals surface area (Å²) >= 11 is 0. The van der Waals surface area contributed by atoms with E-state index in [9.17, 15) is 13.2 Å². The van der Waals surface area contributed by atoms with Gasteiger partial charge in [0.05, 0.1) is 23.2 Å². The SMILES string of the molecule is O=C(Cc1ccc2c(c1)CCCS2(=O)=O)NCC1CCCO1. The molecule has 0 spiro atoms. The van der Waals surface area contributed by atoms with Crippen molar-refractivity contribution in [3.05, 3.63) is 29.3 Å². The highest BCUT2D eigenvalue weighted by molar-refractivity contribution is 7.91. The summed E-state index contributed by atoms with van der Waals surface area (Å²) in [4.78, 5) is 12.4. The molecule has 1 amide bonds. The molecule has 1 aromatic rings. The zero-order valence-electron chi connectivity index (χ0n) is 12.5. The van der Waals surface area contributed by atoms with E-state index in [1.54, 1.807) is 12.1 Å². The van der Waals surface area contributed by atoms with Gasteiger partial charge in [-0.3, -0.25) is 4.79 Å². The van der Waals surface area contributed by atoms with Gasteiger partial charge in [-0.05, 0) is 42.9 Å². The minimum absolute atomic E-state index is 0.0471. The third-order valence-electron chi connectivity index (χ3n) is 4.23. The first-order valence-electron chi connectivity index (χ1n) is 7.77. The Morgan fingerprint density at radius 1 is 1.32 bits per heavy atom. The lowest BCUT2D eigenvalue weighted by Crippen LogP contribution is -2.32. The molecule has 0 radical (unpaired) electrons. The summed E-state index contributed by atoms with van der Waals surface area (Å²) in [6, 6.07) is 5.25. The summed E-state index contributed by atoms with van der Waals surface area (Å²) in [6.07, 6.45) is 3.89. The molecule has 0 bridgehead atoms. The minimum Gasteiger partial charge on any atom is -0.376 e. The number of hydrogen-bond donors (Lipinski definition) is 1. The van der Waals surface area contributed by atoms with E-state index in [2.05, 4.69) is 5.32 Å². The van der Waals surface area contributed by atoms with Gasteiger partial charge in [0.2, 0.25) is 5.91 Å². The van der Waals surface area contributed by atoms with Gasteiger partial charge in [0.1, 0.15) is 0 Å². The Morgan fingerprint density at radius 2 is 2.18 bits per heavy atom. The van der Waals surface area contributed by atoms with E-state index in [-0.39, 0.29) is 24.2 Å². The van der Waals surface area contributed by atoms with Crippen LogP contribution in [0, 0.1) is 0 Å². The van der Waals surface area contributed by atoms with E-state index in [4.69, 9.17) is 4.74 Å². The third-order valence-corrected chi connectivity index (χ3v) is 6.13. The molecule has 1 N–H and O–H groups in total. The normalized spacial score (nSPS) is 23.0. The molecule has 2 aliphatic heterocycles. The second-order valence-corrected chi connectivity index (χ2v) is 8.06. The number of aryl methyl sites for hydroxylation is 1. The smallest absolute Gasteiger partial charge is 0.224 e. The van der Waals surface area contributed by atoms with Crippen molar-refractivity contribution in [2.24, 2.45) is 0 Å². The summed E-state index contributed by atoms with van der Waals surface area (Å²) in [5.74, 6) is 0.176. The predicted molar refractivity (Wildman–Crippen MR) is 82.5 cm³/mol. The highest BCUT2D eigenvalue weighted by Gasteiger charge is 2.23. The fourth-order valence-corrected chi connectivity index (χ4v) is 4.67. The van der Waals surface area contributed by atoms with E-state index in [0.29, 0.717) is 17.9 Å². The van der Waals surface area contributed by atoms with Gasteiger partial charge in [0, 0.05) is 13.2 Å². The number of fused-ring (bicyclic) bond motifs is 1. The maximum atomic E-state index is 12.0. The molecule has 22 heavy (non-hydrogen) atoms. The Morgan fingerprint density at radius 3 is 2.95 bits per heavy atom. The zero-order valence-corrected chi connectivity index (χ0v) is 13.3. The molecule has 0 saturated carbocycles. The van der Waals surface area contributed by atoms with Crippen LogP contribution < -0.4 is 5.32 Å². The Balaban J connectivity index is 1.62. The Bertz CT molecular complexity index is 663. The van der Waals surface area contributed by atoms with Crippen molar-refractivity contribution < 1.29 is 17.9 Å². The number of ether oxygens (including phenoxy) is 1. The summed E-state index contributed by atoms with van der Waals surface area (Å²) < 4.78 is 29.4. The first-order chi connectivity index (χ1) is 10.5. The molecule has 0 aliphatic carbocycles. The van der Waals surface area contributed by atoms with E-state index < -0.39 is 9.84 Å². The van der Waals surface area contributed by atoms with E-state index in [0.717, 1.165) is 37.0 Å². The van der Waals surface area contributed by atoms with Crippen LogP contribution in [0.3, 0.4) is 0 Å². The highest BCUT2D eigenvalue weighted by atomic mass is 32.2. The third kappa shape index (κ3) is 3.50. The maximum absolute atomic E-state index is 12.0. The topological polar surface area (TPSA) is 72.5 Å². The van der Waals surface area contributed by atoms with Crippen molar-refractivity contribution in [1.82, 2.24) is 5.32 Å². The van der Waals surface area contributed by atoms with Gasteiger partial charge in [-0.15, -0.1) is 0 Å². The maximum Gasteiger partial charge on any atom is 0.224 e. The van der Waals surface area contributed by atoms with Crippen molar-refractivity contribution in [2.75, 3.05) is 18.9 Å². The molecule has 6 heteroatoms. The number of nitrogens with one attached hydrogen (secondary N) is 1. The van der Waals surface area contributed by atoms with Crippen LogP contribution >= 0.6 is 0 Å². The van der Waals surface area contributed by atoms with Crippen LogP contribution in [0.2, 0.25) is 0 Å². The molecular weight excluding hydrogens is 302 g/mol. The van der Waals surface area contributed by atoms with E-state index in [1.165, 1.54) is 0 Å². The molecule has 0 aromatic heterocycles. The Labute approximate surface area is 131 Å². The predicted octanol–water partition coefficient (Wildman–Crippen LogP) is 1.24. The molecule has 2 aliphatic rings. The highest BCUT2D eigenvalue weighted by Crippen LogP contribution is 2.26. The van der Waals surface area contributed by atoms with Gasteiger partial charge in [-0.2, -0.15) is 0 Å². The first kappa shape index (κ1) is 15.5. The number of hydrogen-bond acceptors (Lipinski definition) is 4. The molecule has 5 nitrogen and oxygen atoms in total. The van der Waals surface area contributed by atoms with E-state index >= 15 is 0 Å². The summed E-state index contributed by atoms with van der Waals surface area (Å²) in [7, 11) is -3.13. The molecule has 1 saturated heterocycles. The number of carbonyl (C=O) groups excluding carboxylic acids is 1. The molecular formula is C16H21NO4S. The Kier molecular flexibility index (Phi) is 4.49. The van der Waals surface area contributed by atoms with Crippen LogP contribution in [-0.2, 0) is 32.2 Å². The van der Waals surface area contributed by atoms with Crippen LogP contribution in [-0.4, -0.2) is 39.3 Å². The standard InChI is InChI=1S/C16H21NO4S/c18-16(17-11-14-4-1-7-21-14)10-12-5-6-15-13(9-12)3-2-8-22(15,19)20/h5-6,9,14H,1-4,7-8,10-11H2,(H,17,18). The van der Waals surface area contributed by atoms with Crippen LogP contribution in [0.25, 0.3) is 0 Å². The molecule has 1 atom stereocenters. The number of sulfone groups is 1. The average Bonchev–Trinajstić information content (AvgIpc) is 2.98. The minimum atomic E-state index is -3.13. The largest absolute Gasteiger partial charge is 0.376 e. The van der Waals surface area contributed by atoms with Gasteiger partial charge < -0.3 is 10.1 Å². The summed E-state index contributed by atoms with van der Waals surface area (Å²) in [5.41, 5.74) is 1.70. The van der Waals surface area contributed by atoms with Crippen LogP contribution in [0.15, 0.2) is 23.1 Å². The number of benzene rings is 1. The molecule has 2 heterocycles. The lowest BCUT2D eigenvalue weighted by molar-refractivity contribution is -0.120. The molecule has 1 aromatic carbocycles. The van der Waals surface area contributed by atoms with Gasteiger partial charge in [-0.25, -0.2) is 8.42 Å². The van der Waals surface area contributed by atoms with Crippen LogP contribution in [0.5, 0.6) is 0 Å². The van der Waals surface area contributed by atoms with Crippen LogP contribution in [0.4, 0.5) is 0 Å². The van der Waals surface area contributed by atoms with E-state index in [1.807, 2.05) is 6.07 Å². The van der Waals surface area contributed by atoms with Gasteiger partial charge in [-0.1, -0.05) is 12.1 Å². The molecule has 1 fully saturated rings.